The summed E-state index contributed by atoms with van der Waals surface area (Å²) in [6, 6.07) is 8.10. The molecule has 0 bridgehead atoms. The number of unbranched alkanes of at least 4 members (excludes halogenated alkanes) is 5. The van der Waals surface area contributed by atoms with Crippen LogP contribution in [-0.4, -0.2) is 11.7 Å². The van der Waals surface area contributed by atoms with Gasteiger partial charge in [-0.3, -0.25) is 0 Å². The van der Waals surface area contributed by atoms with Gasteiger partial charge in [0.15, 0.2) is 0 Å². The van der Waals surface area contributed by atoms with Crippen molar-refractivity contribution in [3.05, 3.63) is 35.4 Å². The van der Waals surface area contributed by atoms with E-state index in [9.17, 15) is 0 Å². The topological polar surface area (TPSA) is 46.2 Å². The largest absolute Gasteiger partial charge is 0.394 e. The van der Waals surface area contributed by atoms with Crippen LogP contribution in [0.2, 0.25) is 0 Å². The minimum Gasteiger partial charge on any atom is -0.394 e. The Morgan fingerprint density at radius 1 is 1.00 bits per heavy atom. The number of hydrogen-bond donors (Lipinski definition) is 2. The molecule has 18 heavy (non-hydrogen) atoms. The molecule has 0 fully saturated rings. The van der Waals surface area contributed by atoms with Gasteiger partial charge in [-0.05, 0) is 24.0 Å². The first-order valence-electron chi connectivity index (χ1n) is 7.23. The van der Waals surface area contributed by atoms with Crippen LogP contribution in [0.25, 0.3) is 0 Å². The van der Waals surface area contributed by atoms with Gasteiger partial charge in [-0.15, -0.1) is 0 Å². The molecule has 3 N–H and O–H groups in total. The lowest BCUT2D eigenvalue weighted by Crippen LogP contribution is -2.14. The summed E-state index contributed by atoms with van der Waals surface area (Å²) in [4.78, 5) is 0. The number of rotatable bonds is 9. The quantitative estimate of drug-likeness (QED) is 0.657. The Balaban J connectivity index is 2.22. The third kappa shape index (κ3) is 5.65. The summed E-state index contributed by atoms with van der Waals surface area (Å²) in [5, 5.41) is 8.98. The summed E-state index contributed by atoms with van der Waals surface area (Å²) in [5.41, 5.74) is 8.15. The van der Waals surface area contributed by atoms with Crippen molar-refractivity contribution < 1.29 is 5.11 Å². The fourth-order valence-corrected chi connectivity index (χ4v) is 2.15. The third-order valence-corrected chi connectivity index (χ3v) is 3.42. The lowest BCUT2D eigenvalue weighted by Gasteiger charge is -2.09. The molecule has 0 aliphatic carbocycles. The Labute approximate surface area is 111 Å². The third-order valence-electron chi connectivity index (χ3n) is 3.42. The van der Waals surface area contributed by atoms with Crippen LogP contribution in [0.1, 0.15) is 62.6 Å². The van der Waals surface area contributed by atoms with Crippen molar-refractivity contribution in [3.63, 3.8) is 0 Å². The molecule has 1 unspecified atom stereocenters. The van der Waals surface area contributed by atoms with Crippen LogP contribution in [0, 0.1) is 0 Å². The van der Waals surface area contributed by atoms with Crippen molar-refractivity contribution in [1.82, 2.24) is 0 Å². The molecule has 0 radical (unpaired) electrons. The molecular formula is C16H27NO. The van der Waals surface area contributed by atoms with E-state index in [2.05, 4.69) is 19.1 Å². The second-order valence-corrected chi connectivity index (χ2v) is 5.05. The van der Waals surface area contributed by atoms with Crippen molar-refractivity contribution in [3.8, 4) is 0 Å². The minimum absolute atomic E-state index is 0.0107. The van der Waals surface area contributed by atoms with Crippen LogP contribution in [0.4, 0.5) is 0 Å². The number of benzene rings is 1. The highest BCUT2D eigenvalue weighted by atomic mass is 16.3. The van der Waals surface area contributed by atoms with Crippen molar-refractivity contribution in [2.75, 3.05) is 6.61 Å². The Bertz CT molecular complexity index is 307. The predicted molar refractivity (Wildman–Crippen MR) is 77.5 cm³/mol. The fourth-order valence-electron chi connectivity index (χ4n) is 2.15. The maximum absolute atomic E-state index is 8.98. The van der Waals surface area contributed by atoms with Crippen LogP contribution in [0.15, 0.2) is 24.3 Å². The molecule has 0 saturated heterocycles. The Morgan fingerprint density at radius 3 is 2.22 bits per heavy atom. The zero-order chi connectivity index (χ0) is 13.2. The molecule has 1 aromatic rings. The van der Waals surface area contributed by atoms with E-state index in [0.717, 1.165) is 12.0 Å². The summed E-state index contributed by atoms with van der Waals surface area (Å²) in [6.45, 7) is 2.26. The van der Waals surface area contributed by atoms with E-state index in [1.165, 1.54) is 44.1 Å². The zero-order valence-electron chi connectivity index (χ0n) is 11.6. The summed E-state index contributed by atoms with van der Waals surface area (Å²) in [6.07, 6.45) is 9.18. The van der Waals surface area contributed by atoms with Crippen molar-refractivity contribution in [1.29, 1.82) is 0 Å². The molecule has 0 saturated carbocycles. The average Bonchev–Trinajstić information content (AvgIpc) is 2.42. The fraction of sp³-hybridized carbons (Fsp3) is 0.625. The van der Waals surface area contributed by atoms with Gasteiger partial charge >= 0.3 is 0 Å². The summed E-state index contributed by atoms with van der Waals surface area (Å²) in [7, 11) is 0. The molecule has 0 heterocycles. The van der Waals surface area contributed by atoms with Gasteiger partial charge in [-0.1, -0.05) is 63.3 Å². The molecule has 0 aromatic heterocycles. The monoisotopic (exact) mass is 249 g/mol. The zero-order valence-corrected chi connectivity index (χ0v) is 11.6. The van der Waals surface area contributed by atoms with Gasteiger partial charge in [0.25, 0.3) is 0 Å². The molecule has 0 aliphatic heterocycles. The lowest BCUT2D eigenvalue weighted by atomic mass is 10.0. The van der Waals surface area contributed by atoms with E-state index in [1.54, 1.807) is 0 Å². The Morgan fingerprint density at radius 2 is 1.61 bits per heavy atom. The molecule has 0 amide bonds. The Kier molecular flexibility index (Phi) is 7.70. The SMILES string of the molecule is CCCCCCCCc1ccc(C(N)CO)cc1. The number of nitrogens with two attached hydrogens (primary N) is 1. The van der Waals surface area contributed by atoms with Gasteiger partial charge in [0.05, 0.1) is 12.6 Å². The van der Waals surface area contributed by atoms with Crippen LogP contribution in [-0.2, 0) is 6.42 Å². The van der Waals surface area contributed by atoms with E-state index in [-0.39, 0.29) is 12.6 Å². The molecular weight excluding hydrogens is 222 g/mol. The molecule has 0 spiro atoms. The molecule has 102 valence electrons. The van der Waals surface area contributed by atoms with Crippen LogP contribution in [0.5, 0.6) is 0 Å². The number of hydrogen-bond acceptors (Lipinski definition) is 2. The second kappa shape index (κ2) is 9.12. The lowest BCUT2D eigenvalue weighted by molar-refractivity contribution is 0.268. The average molecular weight is 249 g/mol. The molecule has 2 nitrogen and oxygen atoms in total. The minimum atomic E-state index is -0.243. The Hall–Kier alpha value is -0.860. The van der Waals surface area contributed by atoms with E-state index in [1.807, 2.05) is 12.1 Å². The van der Waals surface area contributed by atoms with Gasteiger partial charge < -0.3 is 10.8 Å². The van der Waals surface area contributed by atoms with Crippen molar-refractivity contribution in [2.24, 2.45) is 5.73 Å². The predicted octanol–water partition coefficient (Wildman–Crippen LogP) is 3.58. The summed E-state index contributed by atoms with van der Waals surface area (Å²) < 4.78 is 0. The summed E-state index contributed by atoms with van der Waals surface area (Å²) >= 11 is 0. The second-order valence-electron chi connectivity index (χ2n) is 5.05. The van der Waals surface area contributed by atoms with Gasteiger partial charge in [-0.2, -0.15) is 0 Å². The first kappa shape index (κ1) is 15.2. The van der Waals surface area contributed by atoms with Crippen molar-refractivity contribution >= 4 is 0 Å². The highest BCUT2D eigenvalue weighted by molar-refractivity contribution is 5.24. The van der Waals surface area contributed by atoms with Gasteiger partial charge in [-0.25, -0.2) is 0 Å². The van der Waals surface area contributed by atoms with E-state index in [0.29, 0.717) is 0 Å². The maximum Gasteiger partial charge on any atom is 0.0624 e. The molecule has 1 rings (SSSR count). The van der Waals surface area contributed by atoms with E-state index in [4.69, 9.17) is 10.8 Å². The van der Waals surface area contributed by atoms with E-state index < -0.39 is 0 Å². The van der Waals surface area contributed by atoms with Gasteiger partial charge in [0.1, 0.15) is 0 Å². The van der Waals surface area contributed by atoms with Gasteiger partial charge in [0.2, 0.25) is 0 Å². The maximum atomic E-state index is 8.98. The highest BCUT2D eigenvalue weighted by Gasteiger charge is 2.03. The number of aliphatic hydroxyl groups is 1. The molecule has 2 heteroatoms. The standard InChI is InChI=1S/C16H27NO/c1-2-3-4-5-6-7-8-14-9-11-15(12-10-14)16(17)13-18/h9-12,16,18H,2-8,13,17H2,1H3. The molecule has 0 aliphatic rings. The van der Waals surface area contributed by atoms with Crippen LogP contribution < -0.4 is 5.73 Å². The first-order chi connectivity index (χ1) is 8.77. The van der Waals surface area contributed by atoms with E-state index >= 15 is 0 Å². The number of aliphatic hydroxyl groups excluding tert-OH is 1. The smallest absolute Gasteiger partial charge is 0.0624 e. The summed E-state index contributed by atoms with van der Waals surface area (Å²) in [5.74, 6) is 0. The van der Waals surface area contributed by atoms with Crippen molar-refractivity contribution in [2.45, 2.75) is 57.9 Å². The van der Waals surface area contributed by atoms with Crippen LogP contribution >= 0.6 is 0 Å². The number of aryl methyl sites for hydroxylation is 1. The first-order valence-corrected chi connectivity index (χ1v) is 7.23. The van der Waals surface area contributed by atoms with Crippen LogP contribution in [0.3, 0.4) is 0 Å². The normalized spacial score (nSPS) is 12.6. The highest BCUT2D eigenvalue weighted by Crippen LogP contribution is 2.14. The van der Waals surface area contributed by atoms with Gasteiger partial charge in [0, 0.05) is 0 Å². The molecule has 1 aromatic carbocycles. The molecule has 1 atom stereocenters.